The average molecular weight is 384 g/mol. The maximum Gasteiger partial charge on any atom is 0.251 e. The highest BCUT2D eigenvalue weighted by atomic mass is 16.3. The number of hydrogen-bond acceptors (Lipinski definition) is 2. The molecule has 0 fully saturated rings. The van der Waals surface area contributed by atoms with Crippen molar-refractivity contribution in [3.8, 4) is 0 Å². The fraction of sp³-hybridized carbons (Fsp3) is 0.958. The Bertz CT molecular complexity index is 333. The lowest BCUT2D eigenvalue weighted by Crippen LogP contribution is -2.47. The first-order valence-corrected chi connectivity index (χ1v) is 11.9. The molecule has 0 aromatic carbocycles. The molecule has 0 rings (SSSR count). The number of carbonyl (C=O) groups excluding carboxylic acids is 1. The summed E-state index contributed by atoms with van der Waals surface area (Å²) in [4.78, 5) is 14.2. The van der Waals surface area contributed by atoms with Crippen LogP contribution in [0.4, 0.5) is 0 Å². The Morgan fingerprint density at radius 2 is 1.00 bits per heavy atom. The second-order valence-electron chi connectivity index (χ2n) is 8.83. The van der Waals surface area contributed by atoms with Crippen molar-refractivity contribution in [2.45, 2.75) is 149 Å². The molecule has 1 atom stereocenters. The third-order valence-electron chi connectivity index (χ3n) is 5.48. The van der Waals surface area contributed by atoms with Gasteiger partial charge in [0.05, 0.1) is 0 Å². The Hall–Kier alpha value is -0.570. The monoisotopic (exact) mass is 383 g/mol. The van der Waals surface area contributed by atoms with Gasteiger partial charge in [0.15, 0.2) is 0 Å². The van der Waals surface area contributed by atoms with Gasteiger partial charge in [-0.1, -0.05) is 96.8 Å². The van der Waals surface area contributed by atoms with E-state index in [-0.39, 0.29) is 18.0 Å². The molecular formula is C24H49NO2. The second kappa shape index (κ2) is 17.5. The van der Waals surface area contributed by atoms with E-state index in [0.717, 1.165) is 12.8 Å². The third kappa shape index (κ3) is 14.1. The van der Waals surface area contributed by atoms with Gasteiger partial charge in [-0.15, -0.1) is 0 Å². The Balaban J connectivity index is 3.52. The van der Waals surface area contributed by atoms with Gasteiger partial charge in [0.25, 0.3) is 5.91 Å². The molecule has 27 heavy (non-hydrogen) atoms. The Kier molecular flexibility index (Phi) is 17.2. The number of amides is 1. The van der Waals surface area contributed by atoms with Gasteiger partial charge in [-0.25, -0.2) is 0 Å². The van der Waals surface area contributed by atoms with Crippen molar-refractivity contribution < 1.29 is 9.90 Å². The summed E-state index contributed by atoms with van der Waals surface area (Å²) in [6.45, 7) is 10.3. The molecule has 162 valence electrons. The minimum atomic E-state index is -0.827. The van der Waals surface area contributed by atoms with E-state index in [0.29, 0.717) is 6.42 Å². The minimum Gasteiger partial charge on any atom is -0.383 e. The summed E-state index contributed by atoms with van der Waals surface area (Å²) >= 11 is 0. The molecule has 0 aliphatic rings. The number of hydrogen-bond donors (Lipinski definition) is 1. The molecular weight excluding hydrogens is 334 g/mol. The van der Waals surface area contributed by atoms with Crippen LogP contribution in [0.15, 0.2) is 0 Å². The van der Waals surface area contributed by atoms with Gasteiger partial charge in [0, 0.05) is 12.1 Å². The van der Waals surface area contributed by atoms with E-state index in [1.807, 2.05) is 27.7 Å². The SMILES string of the molecule is CCCCCCCCCCCCCCCCC(O)C(=O)N(C(C)C)C(C)C. The maximum absolute atomic E-state index is 12.4. The minimum absolute atomic E-state index is 0.102. The Morgan fingerprint density at radius 3 is 1.33 bits per heavy atom. The quantitative estimate of drug-likeness (QED) is 0.262. The predicted molar refractivity (Wildman–Crippen MR) is 118 cm³/mol. The first-order valence-electron chi connectivity index (χ1n) is 11.9. The van der Waals surface area contributed by atoms with Crippen molar-refractivity contribution in [2.24, 2.45) is 0 Å². The lowest BCUT2D eigenvalue weighted by Gasteiger charge is -2.32. The fourth-order valence-corrected chi connectivity index (χ4v) is 3.93. The summed E-state index contributed by atoms with van der Waals surface area (Å²) < 4.78 is 0. The lowest BCUT2D eigenvalue weighted by molar-refractivity contribution is -0.144. The highest BCUT2D eigenvalue weighted by molar-refractivity contribution is 5.81. The highest BCUT2D eigenvalue weighted by Gasteiger charge is 2.25. The first-order chi connectivity index (χ1) is 12.9. The number of aliphatic hydroxyl groups excluding tert-OH is 1. The topological polar surface area (TPSA) is 40.5 Å². The van der Waals surface area contributed by atoms with Crippen LogP contribution in [0.2, 0.25) is 0 Å². The second-order valence-corrected chi connectivity index (χ2v) is 8.83. The van der Waals surface area contributed by atoms with Crippen LogP contribution in [0, 0.1) is 0 Å². The number of rotatable bonds is 18. The molecule has 3 nitrogen and oxygen atoms in total. The summed E-state index contributed by atoms with van der Waals surface area (Å²) in [6, 6.07) is 0.284. The van der Waals surface area contributed by atoms with Crippen molar-refractivity contribution >= 4 is 5.91 Å². The van der Waals surface area contributed by atoms with Gasteiger partial charge in [-0.05, 0) is 34.1 Å². The molecule has 0 aromatic rings. The van der Waals surface area contributed by atoms with E-state index < -0.39 is 6.10 Å². The molecule has 3 heteroatoms. The van der Waals surface area contributed by atoms with Crippen LogP contribution in [-0.2, 0) is 4.79 Å². The molecule has 0 radical (unpaired) electrons. The van der Waals surface area contributed by atoms with Crippen LogP contribution in [0.25, 0.3) is 0 Å². The van der Waals surface area contributed by atoms with E-state index in [9.17, 15) is 9.90 Å². The van der Waals surface area contributed by atoms with Gasteiger partial charge in [-0.2, -0.15) is 0 Å². The number of aliphatic hydroxyl groups is 1. The zero-order valence-corrected chi connectivity index (χ0v) is 19.1. The number of unbranched alkanes of at least 4 members (excludes halogenated alkanes) is 13. The summed E-state index contributed by atoms with van der Waals surface area (Å²) in [5, 5.41) is 10.2. The van der Waals surface area contributed by atoms with Gasteiger partial charge < -0.3 is 10.0 Å². The zero-order valence-electron chi connectivity index (χ0n) is 19.1. The molecule has 1 amide bonds. The van der Waals surface area contributed by atoms with Crippen LogP contribution in [0.1, 0.15) is 131 Å². The van der Waals surface area contributed by atoms with Crippen molar-refractivity contribution in [1.29, 1.82) is 0 Å². The average Bonchev–Trinajstić information content (AvgIpc) is 2.61. The van der Waals surface area contributed by atoms with Crippen LogP contribution >= 0.6 is 0 Å². The normalized spacial score (nSPS) is 12.7. The van der Waals surface area contributed by atoms with Crippen molar-refractivity contribution in [2.75, 3.05) is 0 Å². The zero-order chi connectivity index (χ0) is 20.5. The molecule has 0 aliphatic heterocycles. The van der Waals surface area contributed by atoms with Crippen molar-refractivity contribution in [3.05, 3.63) is 0 Å². The fourth-order valence-electron chi connectivity index (χ4n) is 3.93. The lowest BCUT2D eigenvalue weighted by atomic mass is 10.0. The third-order valence-corrected chi connectivity index (χ3v) is 5.48. The maximum atomic E-state index is 12.4. The molecule has 1 unspecified atom stereocenters. The van der Waals surface area contributed by atoms with Crippen LogP contribution < -0.4 is 0 Å². The van der Waals surface area contributed by atoms with Crippen LogP contribution in [-0.4, -0.2) is 34.1 Å². The van der Waals surface area contributed by atoms with E-state index in [1.54, 1.807) is 4.90 Å². The number of carbonyl (C=O) groups is 1. The number of nitrogens with zero attached hydrogens (tertiary/aromatic N) is 1. The van der Waals surface area contributed by atoms with Crippen LogP contribution in [0.3, 0.4) is 0 Å². The van der Waals surface area contributed by atoms with Gasteiger partial charge in [0.1, 0.15) is 6.10 Å². The van der Waals surface area contributed by atoms with Crippen molar-refractivity contribution in [1.82, 2.24) is 4.90 Å². The molecule has 0 bridgehead atoms. The highest BCUT2D eigenvalue weighted by Crippen LogP contribution is 2.15. The summed E-state index contributed by atoms with van der Waals surface area (Å²) in [5.74, 6) is -0.102. The summed E-state index contributed by atoms with van der Waals surface area (Å²) in [7, 11) is 0. The van der Waals surface area contributed by atoms with Crippen LogP contribution in [0.5, 0.6) is 0 Å². The van der Waals surface area contributed by atoms with E-state index >= 15 is 0 Å². The standard InChI is InChI=1S/C24H49NO2/c1-6-7-8-9-10-11-12-13-14-15-16-17-18-19-20-23(26)24(27)25(21(2)3)22(4)5/h21-23,26H,6-20H2,1-5H3. The molecule has 0 heterocycles. The molecule has 0 aliphatic carbocycles. The predicted octanol–water partition coefficient (Wildman–Crippen LogP) is 6.86. The first kappa shape index (κ1) is 26.4. The largest absolute Gasteiger partial charge is 0.383 e. The molecule has 1 N–H and O–H groups in total. The summed E-state index contributed by atoms with van der Waals surface area (Å²) in [5.41, 5.74) is 0. The van der Waals surface area contributed by atoms with E-state index in [4.69, 9.17) is 0 Å². The van der Waals surface area contributed by atoms with E-state index in [2.05, 4.69) is 6.92 Å². The molecule has 0 saturated heterocycles. The van der Waals surface area contributed by atoms with Gasteiger partial charge >= 0.3 is 0 Å². The van der Waals surface area contributed by atoms with E-state index in [1.165, 1.54) is 77.0 Å². The summed E-state index contributed by atoms with van der Waals surface area (Å²) in [6.07, 6.45) is 18.3. The molecule has 0 aromatic heterocycles. The smallest absolute Gasteiger partial charge is 0.251 e. The van der Waals surface area contributed by atoms with Gasteiger partial charge in [-0.3, -0.25) is 4.79 Å². The Morgan fingerprint density at radius 1 is 0.667 bits per heavy atom. The van der Waals surface area contributed by atoms with Crippen molar-refractivity contribution in [3.63, 3.8) is 0 Å². The van der Waals surface area contributed by atoms with Gasteiger partial charge in [0.2, 0.25) is 0 Å². The molecule has 0 saturated carbocycles. The molecule has 0 spiro atoms. The Labute approximate surface area is 170 Å².